The Balaban J connectivity index is 0.00000320. The predicted octanol–water partition coefficient (Wildman–Crippen LogP) is 7.67. The van der Waals surface area contributed by atoms with Crippen molar-refractivity contribution in [2.75, 3.05) is 16.5 Å². The number of halogens is 1. The molecule has 0 aliphatic carbocycles. The summed E-state index contributed by atoms with van der Waals surface area (Å²) in [6.07, 6.45) is 13.9. The van der Waals surface area contributed by atoms with Crippen LogP contribution in [0.15, 0.2) is 48.8 Å². The van der Waals surface area contributed by atoms with Crippen LogP contribution in [0.5, 0.6) is 0 Å². The molecule has 1 aliphatic heterocycles. The van der Waals surface area contributed by atoms with E-state index in [2.05, 4.69) is 86.3 Å². The molecule has 0 saturated carbocycles. The lowest BCUT2D eigenvalue weighted by Gasteiger charge is -2.28. The van der Waals surface area contributed by atoms with Crippen molar-refractivity contribution in [1.82, 2.24) is 0 Å². The molecule has 1 heterocycles. The number of nitrogens with zero attached hydrogens (tertiary/aromatic N) is 2. The van der Waals surface area contributed by atoms with Crippen LogP contribution in [0.4, 0.5) is 11.4 Å². The van der Waals surface area contributed by atoms with E-state index in [1.165, 1.54) is 59.3 Å². The number of anilines is 2. The molecule has 0 aromatic heterocycles. The second-order valence-electron chi connectivity index (χ2n) is 8.23. The van der Waals surface area contributed by atoms with Crippen LogP contribution in [-0.2, 0) is 25.7 Å². The van der Waals surface area contributed by atoms with Gasteiger partial charge in [0.1, 0.15) is 0 Å². The highest BCUT2D eigenvalue weighted by atomic mass is 35.5. The Labute approximate surface area is 190 Å². The van der Waals surface area contributed by atoms with Crippen LogP contribution in [0.3, 0.4) is 0 Å². The molecule has 0 fully saturated rings. The van der Waals surface area contributed by atoms with Gasteiger partial charge in [0.25, 0.3) is 0 Å². The lowest BCUT2D eigenvalue weighted by atomic mass is 9.99. The van der Waals surface area contributed by atoms with E-state index in [-0.39, 0.29) is 12.4 Å². The van der Waals surface area contributed by atoms with E-state index in [0.29, 0.717) is 0 Å². The maximum Gasteiger partial charge on any atom is 0.0989 e. The van der Waals surface area contributed by atoms with Crippen molar-refractivity contribution in [3.8, 4) is 0 Å². The van der Waals surface area contributed by atoms with Crippen molar-refractivity contribution in [3.05, 3.63) is 71.1 Å². The number of hydrogen-bond donors (Lipinski definition) is 0. The fourth-order valence-electron chi connectivity index (χ4n) is 4.62. The first-order chi connectivity index (χ1) is 14.2. The van der Waals surface area contributed by atoms with Gasteiger partial charge in [-0.05, 0) is 47.9 Å². The summed E-state index contributed by atoms with van der Waals surface area (Å²) in [5, 5.41) is 0. The van der Waals surface area contributed by atoms with Gasteiger partial charge in [-0.3, -0.25) is 0 Å². The van der Waals surface area contributed by atoms with Crippen LogP contribution in [-0.4, -0.2) is 6.67 Å². The average Bonchev–Trinajstić information content (AvgIpc) is 3.19. The van der Waals surface area contributed by atoms with Gasteiger partial charge in [0.2, 0.25) is 0 Å². The fraction of sp³-hybridized carbons (Fsp3) is 0.481. The Kier molecular flexibility index (Phi) is 9.78. The highest BCUT2D eigenvalue weighted by molar-refractivity contribution is 5.85. The third-order valence-corrected chi connectivity index (χ3v) is 5.79. The smallest absolute Gasteiger partial charge is 0.0989 e. The molecule has 2 aromatic rings. The first kappa shape index (κ1) is 24.3. The van der Waals surface area contributed by atoms with Gasteiger partial charge in [0.05, 0.1) is 6.67 Å². The van der Waals surface area contributed by atoms with E-state index in [9.17, 15) is 0 Å². The second kappa shape index (κ2) is 12.1. The summed E-state index contributed by atoms with van der Waals surface area (Å²) in [5.41, 5.74) is 8.84. The Morgan fingerprint density at radius 2 is 0.867 bits per heavy atom. The highest BCUT2D eigenvalue weighted by Crippen LogP contribution is 2.35. The summed E-state index contributed by atoms with van der Waals surface area (Å²) in [4.78, 5) is 4.96. The number of aryl methyl sites for hydroxylation is 4. The number of rotatable bonds is 10. The Morgan fingerprint density at radius 1 is 0.567 bits per heavy atom. The third-order valence-electron chi connectivity index (χ3n) is 5.79. The van der Waals surface area contributed by atoms with Gasteiger partial charge >= 0.3 is 0 Å². The minimum atomic E-state index is 0. The minimum Gasteiger partial charge on any atom is -0.328 e. The van der Waals surface area contributed by atoms with Gasteiger partial charge < -0.3 is 9.80 Å². The largest absolute Gasteiger partial charge is 0.328 e. The maximum absolute atomic E-state index is 2.48. The topological polar surface area (TPSA) is 6.48 Å². The van der Waals surface area contributed by atoms with Crippen molar-refractivity contribution in [2.45, 2.75) is 79.1 Å². The van der Waals surface area contributed by atoms with Crippen molar-refractivity contribution in [3.63, 3.8) is 0 Å². The normalized spacial score (nSPS) is 13.1. The van der Waals surface area contributed by atoms with E-state index >= 15 is 0 Å². The highest BCUT2D eigenvalue weighted by Gasteiger charge is 2.23. The van der Waals surface area contributed by atoms with Crippen LogP contribution in [0, 0.1) is 0 Å². The Bertz CT molecular complexity index is 712. The number of hydrogen-bond acceptors (Lipinski definition) is 2. The average molecular weight is 427 g/mol. The summed E-state index contributed by atoms with van der Waals surface area (Å²) in [6, 6.07) is 13.8. The summed E-state index contributed by atoms with van der Waals surface area (Å²) in [5.74, 6) is 0. The molecule has 0 saturated heterocycles. The summed E-state index contributed by atoms with van der Waals surface area (Å²) in [6.45, 7) is 10.0. The zero-order valence-electron chi connectivity index (χ0n) is 19.3. The SMILES string of the molecule is CCCc1cccc(CCC)c1N1C=CN(c2c(CCC)cccc2CCC)C1.Cl. The first-order valence-corrected chi connectivity index (χ1v) is 11.7. The fourth-order valence-corrected chi connectivity index (χ4v) is 4.62. The van der Waals surface area contributed by atoms with Gasteiger partial charge in [-0.25, -0.2) is 0 Å². The second-order valence-corrected chi connectivity index (χ2v) is 8.23. The van der Waals surface area contributed by atoms with E-state index in [0.717, 1.165) is 32.4 Å². The quantitative estimate of drug-likeness (QED) is 0.384. The molecule has 164 valence electrons. The first-order valence-electron chi connectivity index (χ1n) is 11.7. The molecule has 0 spiro atoms. The van der Waals surface area contributed by atoms with E-state index in [1.54, 1.807) is 0 Å². The molecule has 0 atom stereocenters. The number of benzene rings is 2. The van der Waals surface area contributed by atoms with Crippen molar-refractivity contribution >= 4 is 23.8 Å². The van der Waals surface area contributed by atoms with E-state index < -0.39 is 0 Å². The molecule has 0 unspecified atom stereocenters. The predicted molar refractivity (Wildman–Crippen MR) is 135 cm³/mol. The molecular formula is C27H39ClN2. The van der Waals surface area contributed by atoms with E-state index in [1.807, 2.05) is 0 Å². The standard InChI is InChI=1S/C27H38N2.ClH/c1-5-11-22-15-9-16-23(12-6-2)26(22)28-19-20-29(21-28)27-24(13-7-3)17-10-18-25(27)14-8-4;/h9-10,15-20H,5-8,11-14,21H2,1-4H3;1H. The molecular weight excluding hydrogens is 388 g/mol. The van der Waals surface area contributed by atoms with Gasteiger partial charge in [-0.1, -0.05) is 89.8 Å². The van der Waals surface area contributed by atoms with Gasteiger partial charge in [0.15, 0.2) is 0 Å². The summed E-state index contributed by atoms with van der Waals surface area (Å²) >= 11 is 0. The third kappa shape index (κ3) is 5.40. The summed E-state index contributed by atoms with van der Waals surface area (Å²) < 4.78 is 0. The van der Waals surface area contributed by atoms with Crippen molar-refractivity contribution in [1.29, 1.82) is 0 Å². The maximum atomic E-state index is 2.48. The monoisotopic (exact) mass is 426 g/mol. The lowest BCUT2D eigenvalue weighted by molar-refractivity contribution is 0.854. The van der Waals surface area contributed by atoms with Crippen LogP contribution in [0.1, 0.15) is 75.6 Å². The molecule has 30 heavy (non-hydrogen) atoms. The van der Waals surface area contributed by atoms with Gasteiger partial charge in [-0.15, -0.1) is 12.4 Å². The van der Waals surface area contributed by atoms with Gasteiger partial charge in [-0.2, -0.15) is 0 Å². The zero-order valence-corrected chi connectivity index (χ0v) is 20.1. The Hall–Kier alpha value is -1.93. The molecule has 2 nitrogen and oxygen atoms in total. The summed E-state index contributed by atoms with van der Waals surface area (Å²) in [7, 11) is 0. The van der Waals surface area contributed by atoms with Crippen LogP contribution in [0.25, 0.3) is 0 Å². The van der Waals surface area contributed by atoms with Crippen LogP contribution in [0.2, 0.25) is 0 Å². The van der Waals surface area contributed by atoms with Crippen LogP contribution < -0.4 is 9.80 Å². The molecule has 2 aromatic carbocycles. The van der Waals surface area contributed by atoms with Crippen molar-refractivity contribution < 1.29 is 0 Å². The Morgan fingerprint density at radius 3 is 1.13 bits per heavy atom. The molecule has 3 rings (SSSR count). The van der Waals surface area contributed by atoms with Crippen LogP contribution >= 0.6 is 12.4 Å². The molecule has 0 bridgehead atoms. The molecule has 0 amide bonds. The lowest BCUT2D eigenvalue weighted by Crippen LogP contribution is -2.27. The van der Waals surface area contributed by atoms with Crippen molar-refractivity contribution in [2.24, 2.45) is 0 Å². The van der Waals surface area contributed by atoms with E-state index in [4.69, 9.17) is 0 Å². The minimum absolute atomic E-state index is 0. The molecule has 0 radical (unpaired) electrons. The molecule has 1 aliphatic rings. The molecule has 0 N–H and O–H groups in total. The molecule has 3 heteroatoms. The zero-order chi connectivity index (χ0) is 20.6. The van der Waals surface area contributed by atoms with Gasteiger partial charge in [0, 0.05) is 23.8 Å². The number of para-hydroxylation sites is 2.